The number of pyridine rings is 1. The largest absolute Gasteiger partial charge is 0.340 e. The summed E-state index contributed by atoms with van der Waals surface area (Å²) in [7, 11) is 0. The summed E-state index contributed by atoms with van der Waals surface area (Å²) in [6.45, 7) is 1.15. The number of amides is 1. The minimum Gasteiger partial charge on any atom is -0.340 e. The number of rotatable bonds is 5. The Morgan fingerprint density at radius 3 is 2.20 bits per heavy atom. The first-order valence-electron chi connectivity index (χ1n) is 9.92. The molecule has 2 aromatic carbocycles. The van der Waals surface area contributed by atoms with E-state index in [-0.39, 0.29) is 17.7 Å². The second kappa shape index (κ2) is 7.91. The van der Waals surface area contributed by atoms with E-state index in [1.54, 1.807) is 12.4 Å². The van der Waals surface area contributed by atoms with Crippen LogP contribution < -0.4 is 0 Å². The highest BCUT2D eigenvalue weighted by molar-refractivity contribution is 5.88. The molecule has 0 bridgehead atoms. The molecule has 0 unspecified atom stereocenters. The van der Waals surface area contributed by atoms with Crippen LogP contribution in [0.5, 0.6) is 0 Å². The molecule has 0 spiro atoms. The molecule has 148 valence electrons. The van der Waals surface area contributed by atoms with Crippen LogP contribution in [0.2, 0.25) is 0 Å². The summed E-state index contributed by atoms with van der Waals surface area (Å²) in [5, 5.41) is 4.06. The first-order chi connectivity index (χ1) is 14.8. The lowest BCUT2D eigenvalue weighted by atomic mass is 9.88. The Kier molecular flexibility index (Phi) is 4.81. The van der Waals surface area contributed by atoms with Crippen molar-refractivity contribution in [3.63, 3.8) is 0 Å². The van der Waals surface area contributed by atoms with Crippen molar-refractivity contribution >= 4 is 5.91 Å². The third kappa shape index (κ3) is 3.48. The van der Waals surface area contributed by atoms with Gasteiger partial charge in [-0.1, -0.05) is 65.8 Å². The van der Waals surface area contributed by atoms with Gasteiger partial charge in [0.05, 0.1) is 11.8 Å². The molecular formula is C24H20N4O2. The lowest BCUT2D eigenvalue weighted by Gasteiger charge is -2.39. The van der Waals surface area contributed by atoms with E-state index < -0.39 is 0 Å². The second-order valence-electron chi connectivity index (χ2n) is 7.39. The van der Waals surface area contributed by atoms with Gasteiger partial charge in [0, 0.05) is 31.0 Å². The highest BCUT2D eigenvalue weighted by atomic mass is 16.5. The lowest BCUT2D eigenvalue weighted by Crippen LogP contribution is -2.50. The van der Waals surface area contributed by atoms with Crippen molar-refractivity contribution in [2.75, 3.05) is 13.1 Å². The maximum absolute atomic E-state index is 13.4. The van der Waals surface area contributed by atoms with Crippen LogP contribution in [-0.2, 0) is 4.79 Å². The number of carbonyl (C=O) groups excluding carboxylic acids is 1. The van der Waals surface area contributed by atoms with E-state index in [4.69, 9.17) is 4.52 Å². The minimum atomic E-state index is -0.318. The van der Waals surface area contributed by atoms with Gasteiger partial charge in [-0.05, 0) is 23.3 Å². The third-order valence-corrected chi connectivity index (χ3v) is 5.42. The first-order valence-corrected chi connectivity index (χ1v) is 9.92. The van der Waals surface area contributed by atoms with Gasteiger partial charge in [-0.2, -0.15) is 4.98 Å². The summed E-state index contributed by atoms with van der Waals surface area (Å²) >= 11 is 0. The van der Waals surface area contributed by atoms with Gasteiger partial charge in [0.15, 0.2) is 0 Å². The summed E-state index contributed by atoms with van der Waals surface area (Å²) in [4.78, 5) is 23.8. The van der Waals surface area contributed by atoms with E-state index in [1.165, 1.54) is 0 Å². The predicted octanol–water partition coefficient (Wildman–Crippen LogP) is 3.89. The summed E-state index contributed by atoms with van der Waals surface area (Å²) in [5.41, 5.74) is 2.80. The maximum Gasteiger partial charge on any atom is 0.234 e. The molecule has 4 aromatic rings. The second-order valence-corrected chi connectivity index (χ2v) is 7.39. The van der Waals surface area contributed by atoms with Gasteiger partial charge >= 0.3 is 0 Å². The molecule has 2 aromatic heterocycles. The van der Waals surface area contributed by atoms with Gasteiger partial charge in [0.1, 0.15) is 0 Å². The number of hydrogen-bond donors (Lipinski definition) is 0. The fourth-order valence-corrected chi connectivity index (χ4v) is 3.78. The maximum atomic E-state index is 13.4. The van der Waals surface area contributed by atoms with Gasteiger partial charge in [-0.15, -0.1) is 0 Å². The van der Waals surface area contributed by atoms with E-state index in [0.717, 1.165) is 16.7 Å². The first kappa shape index (κ1) is 18.2. The molecule has 5 rings (SSSR count). The standard InChI is InChI=1S/C24H20N4O2/c29-24(21(17-8-3-1-4-9-17)18-10-5-2-6-11-18)28-15-20(16-28)23-26-22(27-30-23)19-12-7-13-25-14-19/h1-14,20-21H,15-16H2. The van der Waals surface area contributed by atoms with Crippen LogP contribution in [0.25, 0.3) is 11.4 Å². The summed E-state index contributed by atoms with van der Waals surface area (Å²) in [5.74, 6) is 0.917. The molecule has 0 atom stereocenters. The number of carbonyl (C=O) groups is 1. The van der Waals surface area contributed by atoms with Crippen molar-refractivity contribution in [1.29, 1.82) is 0 Å². The van der Waals surface area contributed by atoms with E-state index in [2.05, 4.69) is 15.1 Å². The lowest BCUT2D eigenvalue weighted by molar-refractivity contribution is -0.136. The molecule has 1 aliphatic rings. The van der Waals surface area contributed by atoms with Crippen LogP contribution in [0.15, 0.2) is 89.7 Å². The van der Waals surface area contributed by atoms with Crippen molar-refractivity contribution in [2.24, 2.45) is 0 Å². The fraction of sp³-hybridized carbons (Fsp3) is 0.167. The Morgan fingerprint density at radius 1 is 0.933 bits per heavy atom. The van der Waals surface area contributed by atoms with Gasteiger partial charge in [-0.3, -0.25) is 9.78 Å². The molecule has 30 heavy (non-hydrogen) atoms. The third-order valence-electron chi connectivity index (χ3n) is 5.42. The smallest absolute Gasteiger partial charge is 0.234 e. The van der Waals surface area contributed by atoms with Crippen LogP contribution in [0.3, 0.4) is 0 Å². The molecule has 1 saturated heterocycles. The number of hydrogen-bond acceptors (Lipinski definition) is 5. The Hall–Kier alpha value is -3.80. The predicted molar refractivity (Wildman–Crippen MR) is 112 cm³/mol. The number of aromatic nitrogens is 3. The van der Waals surface area contributed by atoms with E-state index in [9.17, 15) is 4.79 Å². The summed E-state index contributed by atoms with van der Waals surface area (Å²) < 4.78 is 5.45. The molecular weight excluding hydrogens is 376 g/mol. The minimum absolute atomic E-state index is 0.0547. The van der Waals surface area contributed by atoms with E-state index in [0.29, 0.717) is 24.8 Å². The molecule has 0 N–H and O–H groups in total. The van der Waals surface area contributed by atoms with Crippen molar-refractivity contribution in [3.05, 3.63) is 102 Å². The van der Waals surface area contributed by atoms with Crippen LogP contribution in [0.1, 0.15) is 28.9 Å². The highest BCUT2D eigenvalue weighted by Gasteiger charge is 2.39. The van der Waals surface area contributed by atoms with Gasteiger partial charge in [0.25, 0.3) is 0 Å². The Labute approximate surface area is 174 Å². The zero-order chi connectivity index (χ0) is 20.3. The quantitative estimate of drug-likeness (QED) is 0.512. The average molecular weight is 396 g/mol. The van der Waals surface area contributed by atoms with Crippen molar-refractivity contribution in [1.82, 2.24) is 20.0 Å². The number of benzene rings is 2. The fourth-order valence-electron chi connectivity index (χ4n) is 3.78. The SMILES string of the molecule is O=C(C(c1ccccc1)c1ccccc1)N1CC(c2nc(-c3cccnc3)no2)C1. The summed E-state index contributed by atoms with van der Waals surface area (Å²) in [6, 6.07) is 23.5. The topological polar surface area (TPSA) is 72.1 Å². The molecule has 0 saturated carbocycles. The molecule has 1 amide bonds. The Bertz CT molecular complexity index is 1080. The van der Waals surface area contributed by atoms with Crippen LogP contribution in [0, 0.1) is 0 Å². The highest BCUT2D eigenvalue weighted by Crippen LogP contribution is 2.33. The van der Waals surface area contributed by atoms with Crippen molar-refractivity contribution in [3.8, 4) is 11.4 Å². The Morgan fingerprint density at radius 2 is 1.60 bits per heavy atom. The van der Waals surface area contributed by atoms with Crippen molar-refractivity contribution < 1.29 is 9.32 Å². The zero-order valence-electron chi connectivity index (χ0n) is 16.3. The number of likely N-dealkylation sites (tertiary alicyclic amines) is 1. The summed E-state index contributed by atoms with van der Waals surface area (Å²) in [6.07, 6.45) is 3.41. The van der Waals surface area contributed by atoms with E-state index in [1.807, 2.05) is 77.7 Å². The van der Waals surface area contributed by atoms with Crippen LogP contribution >= 0.6 is 0 Å². The Balaban J connectivity index is 1.32. The van der Waals surface area contributed by atoms with Gasteiger partial charge in [-0.25, -0.2) is 0 Å². The average Bonchev–Trinajstić information content (AvgIpc) is 3.25. The molecule has 6 nitrogen and oxygen atoms in total. The van der Waals surface area contributed by atoms with Gasteiger partial charge < -0.3 is 9.42 Å². The molecule has 3 heterocycles. The molecule has 0 aliphatic carbocycles. The van der Waals surface area contributed by atoms with E-state index >= 15 is 0 Å². The van der Waals surface area contributed by atoms with Crippen molar-refractivity contribution in [2.45, 2.75) is 11.8 Å². The molecule has 1 aliphatic heterocycles. The zero-order valence-corrected chi connectivity index (χ0v) is 16.3. The molecule has 6 heteroatoms. The van der Waals surface area contributed by atoms with Gasteiger partial charge in [0.2, 0.25) is 17.6 Å². The van der Waals surface area contributed by atoms with Crippen LogP contribution in [0.4, 0.5) is 0 Å². The monoisotopic (exact) mass is 396 g/mol. The molecule has 0 radical (unpaired) electrons. The molecule has 1 fully saturated rings. The number of nitrogens with zero attached hydrogens (tertiary/aromatic N) is 4. The van der Waals surface area contributed by atoms with Crippen LogP contribution in [-0.4, -0.2) is 39.0 Å². The normalized spacial score (nSPS) is 14.0.